The van der Waals surface area contributed by atoms with Gasteiger partial charge in [-0.15, -0.1) is 0 Å². The maximum atomic E-state index is 4.43. The Balaban J connectivity index is 3.95. The Hall–Kier alpha value is -0.370. The first-order chi connectivity index (χ1) is 8.29. The standard InChI is InChI=1S/C15H32N2/c1-5-8-9-10-14(7-3)15(16-4)11-13-17-12-6-2/h12,14-16H,5-11,13H2,1-4H3. The van der Waals surface area contributed by atoms with Gasteiger partial charge in [0.15, 0.2) is 0 Å². The lowest BCUT2D eigenvalue weighted by molar-refractivity contribution is 0.318. The molecule has 0 saturated heterocycles. The first-order valence-electron chi connectivity index (χ1n) is 7.45. The molecule has 17 heavy (non-hydrogen) atoms. The Morgan fingerprint density at radius 1 is 1.12 bits per heavy atom. The summed E-state index contributed by atoms with van der Waals surface area (Å²) < 4.78 is 0. The van der Waals surface area contributed by atoms with E-state index in [-0.39, 0.29) is 0 Å². The molecule has 0 aliphatic carbocycles. The molecule has 0 saturated carbocycles. The van der Waals surface area contributed by atoms with Crippen molar-refractivity contribution in [2.45, 2.75) is 71.8 Å². The normalized spacial score (nSPS) is 15.3. The van der Waals surface area contributed by atoms with Crippen molar-refractivity contribution in [3.05, 3.63) is 0 Å². The second-order valence-corrected chi connectivity index (χ2v) is 4.84. The van der Waals surface area contributed by atoms with Crippen LogP contribution in [0.5, 0.6) is 0 Å². The van der Waals surface area contributed by atoms with Crippen LogP contribution in [0.1, 0.15) is 65.7 Å². The first-order valence-corrected chi connectivity index (χ1v) is 7.45. The molecule has 0 radical (unpaired) electrons. The van der Waals surface area contributed by atoms with Gasteiger partial charge in [0.1, 0.15) is 0 Å². The number of rotatable bonds is 11. The summed E-state index contributed by atoms with van der Waals surface area (Å²) in [4.78, 5) is 4.43. The van der Waals surface area contributed by atoms with Gasteiger partial charge < -0.3 is 5.32 Å². The third-order valence-electron chi connectivity index (χ3n) is 3.52. The van der Waals surface area contributed by atoms with E-state index in [1.54, 1.807) is 0 Å². The van der Waals surface area contributed by atoms with Crippen LogP contribution in [-0.4, -0.2) is 25.8 Å². The molecule has 0 aliphatic heterocycles. The lowest BCUT2D eigenvalue weighted by Gasteiger charge is -2.25. The van der Waals surface area contributed by atoms with Crippen LogP contribution in [0.2, 0.25) is 0 Å². The van der Waals surface area contributed by atoms with Gasteiger partial charge in [-0.2, -0.15) is 0 Å². The van der Waals surface area contributed by atoms with E-state index in [1.807, 2.05) is 6.21 Å². The van der Waals surface area contributed by atoms with Gasteiger partial charge in [0.05, 0.1) is 0 Å². The molecule has 2 heteroatoms. The summed E-state index contributed by atoms with van der Waals surface area (Å²) in [5, 5.41) is 3.48. The van der Waals surface area contributed by atoms with Crippen molar-refractivity contribution in [1.82, 2.24) is 5.32 Å². The Labute approximate surface area is 108 Å². The largest absolute Gasteiger partial charge is 0.317 e. The lowest BCUT2D eigenvalue weighted by Crippen LogP contribution is -2.34. The van der Waals surface area contributed by atoms with E-state index in [2.05, 4.69) is 38.1 Å². The highest BCUT2D eigenvalue weighted by atomic mass is 14.9. The van der Waals surface area contributed by atoms with E-state index in [4.69, 9.17) is 0 Å². The monoisotopic (exact) mass is 240 g/mol. The third-order valence-corrected chi connectivity index (χ3v) is 3.52. The van der Waals surface area contributed by atoms with Crippen LogP contribution in [0.25, 0.3) is 0 Å². The second kappa shape index (κ2) is 12.1. The van der Waals surface area contributed by atoms with Crippen molar-refractivity contribution in [3.63, 3.8) is 0 Å². The average molecular weight is 240 g/mol. The van der Waals surface area contributed by atoms with Crippen LogP contribution in [0.3, 0.4) is 0 Å². The molecule has 2 unspecified atom stereocenters. The van der Waals surface area contributed by atoms with Crippen LogP contribution in [0.15, 0.2) is 4.99 Å². The van der Waals surface area contributed by atoms with Crippen LogP contribution in [0, 0.1) is 5.92 Å². The van der Waals surface area contributed by atoms with Crippen molar-refractivity contribution in [3.8, 4) is 0 Å². The van der Waals surface area contributed by atoms with E-state index in [0.29, 0.717) is 6.04 Å². The van der Waals surface area contributed by atoms with Gasteiger partial charge in [0.2, 0.25) is 0 Å². The van der Waals surface area contributed by atoms with Gasteiger partial charge in [-0.05, 0) is 38.4 Å². The number of hydrogen-bond donors (Lipinski definition) is 1. The summed E-state index contributed by atoms with van der Waals surface area (Å²) >= 11 is 0. The Bertz CT molecular complexity index is 178. The van der Waals surface area contributed by atoms with Crippen LogP contribution in [-0.2, 0) is 0 Å². The molecule has 2 nitrogen and oxygen atoms in total. The van der Waals surface area contributed by atoms with E-state index >= 15 is 0 Å². The Kier molecular flexibility index (Phi) is 11.8. The number of nitrogens with zero attached hydrogens (tertiary/aromatic N) is 1. The van der Waals surface area contributed by atoms with Gasteiger partial charge in [0.25, 0.3) is 0 Å². The predicted molar refractivity (Wildman–Crippen MR) is 79.0 cm³/mol. The minimum Gasteiger partial charge on any atom is -0.317 e. The lowest BCUT2D eigenvalue weighted by atomic mass is 9.89. The zero-order valence-corrected chi connectivity index (χ0v) is 12.3. The molecule has 1 N–H and O–H groups in total. The molecule has 0 aromatic heterocycles. The number of hydrogen-bond acceptors (Lipinski definition) is 2. The summed E-state index contributed by atoms with van der Waals surface area (Å²) in [7, 11) is 2.09. The van der Waals surface area contributed by atoms with Crippen LogP contribution in [0.4, 0.5) is 0 Å². The maximum absolute atomic E-state index is 4.43. The highest BCUT2D eigenvalue weighted by molar-refractivity contribution is 5.56. The van der Waals surface area contributed by atoms with Gasteiger partial charge in [-0.1, -0.05) is 46.5 Å². The second-order valence-electron chi connectivity index (χ2n) is 4.84. The minimum atomic E-state index is 0.644. The van der Waals surface area contributed by atoms with E-state index < -0.39 is 0 Å². The quantitative estimate of drug-likeness (QED) is 0.427. The van der Waals surface area contributed by atoms with Gasteiger partial charge in [-0.25, -0.2) is 0 Å². The van der Waals surface area contributed by atoms with Crippen LogP contribution >= 0.6 is 0 Å². The minimum absolute atomic E-state index is 0.644. The highest BCUT2D eigenvalue weighted by Gasteiger charge is 2.17. The molecule has 0 spiro atoms. The predicted octanol–water partition coefficient (Wildman–Crippen LogP) is 4.05. The van der Waals surface area contributed by atoms with Crippen molar-refractivity contribution >= 4 is 6.21 Å². The highest BCUT2D eigenvalue weighted by Crippen LogP contribution is 2.19. The van der Waals surface area contributed by atoms with Crippen LogP contribution < -0.4 is 5.32 Å². The van der Waals surface area contributed by atoms with E-state index in [1.165, 1.54) is 38.5 Å². The van der Waals surface area contributed by atoms with Gasteiger partial charge >= 0.3 is 0 Å². The molecule has 0 aliphatic rings. The van der Waals surface area contributed by atoms with Gasteiger partial charge in [0, 0.05) is 12.6 Å². The SMILES string of the molecule is CCC=NCCC(NC)C(CC)CCCCC. The number of nitrogens with one attached hydrogen (secondary N) is 1. The van der Waals surface area contributed by atoms with Crippen molar-refractivity contribution in [2.75, 3.05) is 13.6 Å². The number of aliphatic imine (C=N–C) groups is 1. The molecular weight excluding hydrogens is 208 g/mol. The molecule has 0 heterocycles. The molecule has 0 bridgehead atoms. The fourth-order valence-corrected chi connectivity index (χ4v) is 2.40. The zero-order chi connectivity index (χ0) is 12.9. The van der Waals surface area contributed by atoms with E-state index in [0.717, 1.165) is 18.9 Å². The fraction of sp³-hybridized carbons (Fsp3) is 0.933. The van der Waals surface area contributed by atoms with Gasteiger partial charge in [-0.3, -0.25) is 4.99 Å². The van der Waals surface area contributed by atoms with E-state index in [9.17, 15) is 0 Å². The average Bonchev–Trinajstić information content (AvgIpc) is 2.36. The van der Waals surface area contributed by atoms with Crippen molar-refractivity contribution in [2.24, 2.45) is 10.9 Å². The summed E-state index contributed by atoms with van der Waals surface area (Å²) in [6, 6.07) is 0.644. The Morgan fingerprint density at radius 2 is 1.88 bits per heavy atom. The Morgan fingerprint density at radius 3 is 2.41 bits per heavy atom. The molecule has 0 aromatic carbocycles. The molecule has 0 aromatic rings. The fourth-order valence-electron chi connectivity index (χ4n) is 2.40. The molecule has 0 amide bonds. The number of unbranched alkanes of at least 4 members (excludes halogenated alkanes) is 2. The molecule has 2 atom stereocenters. The molecule has 102 valence electrons. The van der Waals surface area contributed by atoms with Crippen molar-refractivity contribution in [1.29, 1.82) is 0 Å². The molecular formula is C15H32N2. The maximum Gasteiger partial charge on any atom is 0.0400 e. The summed E-state index contributed by atoms with van der Waals surface area (Å²) in [6.45, 7) is 7.70. The first kappa shape index (κ1) is 16.6. The zero-order valence-electron chi connectivity index (χ0n) is 12.3. The summed E-state index contributed by atoms with van der Waals surface area (Å²) in [5.41, 5.74) is 0. The summed E-state index contributed by atoms with van der Waals surface area (Å²) in [6.07, 6.45) is 11.0. The molecule has 0 rings (SSSR count). The van der Waals surface area contributed by atoms with Crippen molar-refractivity contribution < 1.29 is 0 Å². The molecule has 0 fully saturated rings. The summed E-state index contributed by atoms with van der Waals surface area (Å²) in [5.74, 6) is 0.823. The smallest absolute Gasteiger partial charge is 0.0400 e. The third kappa shape index (κ3) is 8.37. The topological polar surface area (TPSA) is 24.4 Å².